The van der Waals surface area contributed by atoms with Crippen LogP contribution in [-0.2, 0) is 11.2 Å². The molecule has 1 aliphatic rings. The summed E-state index contributed by atoms with van der Waals surface area (Å²) in [6, 6.07) is 13.6. The summed E-state index contributed by atoms with van der Waals surface area (Å²) < 4.78 is 17.3. The van der Waals surface area contributed by atoms with E-state index in [1.807, 2.05) is 18.2 Å². The zero-order valence-corrected chi connectivity index (χ0v) is 22.9. The number of anilines is 3. The summed E-state index contributed by atoms with van der Waals surface area (Å²) in [6.45, 7) is 2.07. The molecule has 1 saturated heterocycles. The Hall–Kier alpha value is -3.53. The molecule has 2 heterocycles. The highest BCUT2D eigenvalue weighted by atomic mass is 79.9. The van der Waals surface area contributed by atoms with Crippen LogP contribution in [0.4, 0.5) is 17.5 Å². The Balaban J connectivity index is 1.38. The van der Waals surface area contributed by atoms with Gasteiger partial charge in [0.15, 0.2) is 11.5 Å². The number of methoxy groups -OCH3 is 3. The number of amides is 1. The van der Waals surface area contributed by atoms with Gasteiger partial charge in [0.25, 0.3) is 0 Å². The highest BCUT2D eigenvalue weighted by Gasteiger charge is 2.26. The predicted octanol–water partition coefficient (Wildman–Crippen LogP) is 4.58. The summed E-state index contributed by atoms with van der Waals surface area (Å²) in [5.41, 5.74) is 1.90. The molecule has 1 amide bonds. The summed E-state index contributed by atoms with van der Waals surface area (Å²) in [5, 5.41) is 6.32. The van der Waals surface area contributed by atoms with Crippen molar-refractivity contribution in [1.29, 1.82) is 0 Å². The molecule has 2 N–H and O–H groups in total. The highest BCUT2D eigenvalue weighted by Crippen LogP contribution is 2.40. The van der Waals surface area contributed by atoms with Crippen LogP contribution in [0.5, 0.6) is 17.2 Å². The lowest BCUT2D eigenvalue weighted by Gasteiger charge is -2.33. The van der Waals surface area contributed by atoms with Crippen molar-refractivity contribution < 1.29 is 19.0 Å². The van der Waals surface area contributed by atoms with E-state index in [0.717, 1.165) is 36.1 Å². The van der Waals surface area contributed by atoms with Gasteiger partial charge in [0.1, 0.15) is 5.82 Å². The first-order chi connectivity index (χ1) is 18.0. The zero-order chi connectivity index (χ0) is 26.2. The fraction of sp³-hybridized carbons (Fsp3) is 0.370. The van der Waals surface area contributed by atoms with Gasteiger partial charge in [0.2, 0.25) is 17.6 Å². The smallest absolute Gasteiger partial charge is 0.229 e. The van der Waals surface area contributed by atoms with Crippen LogP contribution >= 0.6 is 15.9 Å². The molecule has 10 heteroatoms. The Kier molecular flexibility index (Phi) is 9.05. The van der Waals surface area contributed by atoms with Crippen LogP contribution in [0, 0.1) is 5.92 Å². The van der Waals surface area contributed by atoms with E-state index in [-0.39, 0.29) is 11.8 Å². The molecule has 3 aromatic rings. The minimum Gasteiger partial charge on any atom is -0.493 e. The number of hydrogen-bond acceptors (Lipinski definition) is 8. The van der Waals surface area contributed by atoms with E-state index in [1.54, 1.807) is 39.7 Å². The molecule has 9 nitrogen and oxygen atoms in total. The zero-order valence-electron chi connectivity index (χ0n) is 21.3. The van der Waals surface area contributed by atoms with Gasteiger partial charge in [-0.1, -0.05) is 28.1 Å². The molecule has 1 atom stereocenters. The molecule has 1 fully saturated rings. The normalized spacial score (nSPS) is 15.1. The second kappa shape index (κ2) is 12.6. The summed E-state index contributed by atoms with van der Waals surface area (Å²) in [6.07, 6.45) is 4.30. The van der Waals surface area contributed by atoms with Crippen molar-refractivity contribution in [3.05, 3.63) is 58.7 Å². The fourth-order valence-electron chi connectivity index (χ4n) is 4.39. The maximum Gasteiger partial charge on any atom is 0.229 e. The van der Waals surface area contributed by atoms with Gasteiger partial charge >= 0.3 is 0 Å². The second-order valence-corrected chi connectivity index (χ2v) is 9.65. The first-order valence-electron chi connectivity index (χ1n) is 12.2. The molecule has 0 spiro atoms. The number of piperidine rings is 1. The Morgan fingerprint density at radius 2 is 1.81 bits per heavy atom. The van der Waals surface area contributed by atoms with Crippen molar-refractivity contribution >= 4 is 39.3 Å². The van der Waals surface area contributed by atoms with Crippen LogP contribution < -0.4 is 29.7 Å². The number of hydrogen-bond donors (Lipinski definition) is 2. The van der Waals surface area contributed by atoms with E-state index in [0.29, 0.717) is 42.0 Å². The lowest BCUT2D eigenvalue weighted by atomic mass is 9.97. The van der Waals surface area contributed by atoms with Gasteiger partial charge in [0, 0.05) is 48.1 Å². The number of nitrogens with zero attached hydrogens (tertiary/aromatic N) is 3. The minimum atomic E-state index is -0.0832. The van der Waals surface area contributed by atoms with Crippen LogP contribution in [0.3, 0.4) is 0 Å². The molecule has 1 aliphatic heterocycles. The quantitative estimate of drug-likeness (QED) is 0.366. The van der Waals surface area contributed by atoms with Crippen LogP contribution in [-0.4, -0.2) is 56.8 Å². The number of ether oxygens (including phenoxy) is 3. The largest absolute Gasteiger partial charge is 0.493 e. The van der Waals surface area contributed by atoms with Crippen molar-refractivity contribution in [2.45, 2.75) is 19.3 Å². The monoisotopic (exact) mass is 569 g/mol. The summed E-state index contributed by atoms with van der Waals surface area (Å²) >= 11 is 3.45. The van der Waals surface area contributed by atoms with E-state index >= 15 is 0 Å². The SMILES string of the molecule is COc1cc(Nc2nccc(N3CCCC(C(=O)NCCc4ccc(Br)cc4)C3)n2)cc(OC)c1OC. The van der Waals surface area contributed by atoms with Gasteiger partial charge in [0.05, 0.1) is 27.2 Å². The molecule has 4 rings (SSSR count). The van der Waals surface area contributed by atoms with Crippen LogP contribution in [0.15, 0.2) is 53.1 Å². The van der Waals surface area contributed by atoms with E-state index < -0.39 is 0 Å². The van der Waals surface area contributed by atoms with Crippen LogP contribution in [0.25, 0.3) is 0 Å². The number of carbonyl (C=O) groups excluding carboxylic acids is 1. The van der Waals surface area contributed by atoms with Gasteiger partial charge in [-0.2, -0.15) is 4.98 Å². The molecule has 1 unspecified atom stereocenters. The first-order valence-corrected chi connectivity index (χ1v) is 13.0. The molecule has 2 aromatic carbocycles. The van der Waals surface area contributed by atoms with E-state index in [9.17, 15) is 4.79 Å². The molecule has 0 bridgehead atoms. The van der Waals surface area contributed by atoms with Gasteiger partial charge in [-0.15, -0.1) is 0 Å². The van der Waals surface area contributed by atoms with E-state index in [4.69, 9.17) is 19.2 Å². The summed E-state index contributed by atoms with van der Waals surface area (Å²) in [4.78, 5) is 24.1. The molecule has 0 aliphatic carbocycles. The number of carbonyl (C=O) groups is 1. The molecule has 1 aromatic heterocycles. The number of rotatable bonds is 10. The van der Waals surface area contributed by atoms with Gasteiger partial charge in [-0.05, 0) is 43.0 Å². The summed E-state index contributed by atoms with van der Waals surface area (Å²) in [7, 11) is 4.71. The molecular weight excluding hydrogens is 538 g/mol. The highest BCUT2D eigenvalue weighted by molar-refractivity contribution is 9.10. The van der Waals surface area contributed by atoms with Gasteiger partial charge in [-0.3, -0.25) is 4.79 Å². The molecule has 196 valence electrons. The maximum absolute atomic E-state index is 12.9. The van der Waals surface area contributed by atoms with E-state index in [2.05, 4.69) is 48.6 Å². The Morgan fingerprint density at radius 1 is 1.08 bits per heavy atom. The average Bonchev–Trinajstić information content (AvgIpc) is 2.93. The third-order valence-corrected chi connectivity index (χ3v) is 6.83. The minimum absolute atomic E-state index is 0.0832. The maximum atomic E-state index is 12.9. The van der Waals surface area contributed by atoms with Crippen LogP contribution in [0.1, 0.15) is 18.4 Å². The molecule has 0 saturated carbocycles. The second-order valence-electron chi connectivity index (χ2n) is 8.73. The van der Waals surface area contributed by atoms with E-state index in [1.165, 1.54) is 5.56 Å². The number of benzene rings is 2. The Morgan fingerprint density at radius 3 is 2.49 bits per heavy atom. The predicted molar refractivity (Wildman–Crippen MR) is 147 cm³/mol. The Labute approximate surface area is 225 Å². The third-order valence-electron chi connectivity index (χ3n) is 6.30. The Bertz CT molecular complexity index is 1180. The molecular formula is C27H32BrN5O4. The van der Waals surface area contributed by atoms with Crippen molar-refractivity contribution in [2.24, 2.45) is 5.92 Å². The molecule has 0 radical (unpaired) electrons. The van der Waals surface area contributed by atoms with Crippen molar-refractivity contribution in [1.82, 2.24) is 15.3 Å². The molecule has 37 heavy (non-hydrogen) atoms. The van der Waals surface area contributed by atoms with Crippen molar-refractivity contribution in [2.75, 3.05) is 51.2 Å². The third kappa shape index (κ3) is 6.82. The standard InChI is InChI=1S/C27H32BrN5O4/c1-35-22-15-21(16-23(36-2)25(22)37-3)31-27-30-13-11-24(32-27)33-14-4-5-19(17-33)26(34)29-12-10-18-6-8-20(28)9-7-18/h6-9,11,13,15-16,19H,4-5,10,12,14,17H2,1-3H3,(H,29,34)(H,30,31,32). The number of nitrogens with one attached hydrogen (secondary N) is 2. The van der Waals surface area contributed by atoms with Gasteiger partial charge < -0.3 is 29.7 Å². The van der Waals surface area contributed by atoms with Crippen molar-refractivity contribution in [3.63, 3.8) is 0 Å². The number of aromatic nitrogens is 2. The fourth-order valence-corrected chi connectivity index (χ4v) is 4.66. The first kappa shape index (κ1) is 26.5. The number of halogens is 1. The average molecular weight is 570 g/mol. The van der Waals surface area contributed by atoms with Crippen molar-refractivity contribution in [3.8, 4) is 17.2 Å². The lowest BCUT2D eigenvalue weighted by Crippen LogP contribution is -2.43. The topological polar surface area (TPSA) is 97.8 Å². The summed E-state index contributed by atoms with van der Waals surface area (Å²) in [5.74, 6) is 2.80. The van der Waals surface area contributed by atoms with Crippen LogP contribution in [0.2, 0.25) is 0 Å². The van der Waals surface area contributed by atoms with Gasteiger partial charge in [-0.25, -0.2) is 4.98 Å². The lowest BCUT2D eigenvalue weighted by molar-refractivity contribution is -0.125.